The Hall–Kier alpha value is -1.88. The van der Waals surface area contributed by atoms with Crippen LogP contribution in [0.4, 0.5) is 5.13 Å². The fraction of sp³-hybridized carbons (Fsp3) is 0. The second-order valence-corrected chi connectivity index (χ2v) is 3.84. The molecule has 1 aromatic heterocycles. The van der Waals surface area contributed by atoms with Gasteiger partial charge in [0.2, 0.25) is 0 Å². The van der Waals surface area contributed by atoms with E-state index in [9.17, 15) is 0 Å². The Morgan fingerprint density at radius 2 is 1.93 bits per heavy atom. The monoisotopic (exact) mass is 219 g/mol. The van der Waals surface area contributed by atoms with E-state index in [0.29, 0.717) is 5.13 Å². The van der Waals surface area contributed by atoms with Gasteiger partial charge in [-0.2, -0.15) is 0 Å². The van der Waals surface area contributed by atoms with Crippen LogP contribution in [0, 0.1) is 0 Å². The maximum atomic E-state index is 5.32. The number of hydrogen-bond acceptors (Lipinski definition) is 2. The van der Waals surface area contributed by atoms with Gasteiger partial charge in [0.25, 0.3) is 5.13 Å². The van der Waals surface area contributed by atoms with E-state index < -0.39 is 0 Å². The molecule has 0 saturated carbocycles. The summed E-state index contributed by atoms with van der Waals surface area (Å²) >= 11 is 1.47. The van der Waals surface area contributed by atoms with Crippen molar-refractivity contribution in [3.8, 4) is 11.3 Å². The summed E-state index contributed by atoms with van der Waals surface area (Å²) in [5.41, 5.74) is 12.6. The minimum atomic E-state index is 0.156. The van der Waals surface area contributed by atoms with Crippen molar-refractivity contribution in [2.45, 2.75) is 0 Å². The van der Waals surface area contributed by atoms with Gasteiger partial charge in [0.1, 0.15) is 5.69 Å². The van der Waals surface area contributed by atoms with Gasteiger partial charge in [-0.15, -0.1) is 4.98 Å². The molecule has 0 bridgehead atoms. The van der Waals surface area contributed by atoms with Gasteiger partial charge in [-0.05, 0) is 0 Å². The van der Waals surface area contributed by atoms with Crippen LogP contribution < -0.4 is 16.5 Å². The normalized spacial score (nSPS) is 9.87. The van der Waals surface area contributed by atoms with Crippen molar-refractivity contribution in [3.05, 3.63) is 35.7 Å². The molecule has 0 aliphatic rings. The van der Waals surface area contributed by atoms with E-state index in [1.54, 1.807) is 0 Å². The van der Waals surface area contributed by atoms with Crippen LogP contribution in [0.15, 0.2) is 35.7 Å². The van der Waals surface area contributed by atoms with Crippen LogP contribution in [0.3, 0.4) is 0 Å². The molecule has 0 aliphatic heterocycles. The lowest BCUT2D eigenvalue weighted by molar-refractivity contribution is -0.355. The first-order valence-corrected chi connectivity index (χ1v) is 5.29. The molecule has 0 amide bonds. The van der Waals surface area contributed by atoms with Crippen LogP contribution in [0.25, 0.3) is 11.3 Å². The summed E-state index contributed by atoms with van der Waals surface area (Å²) in [5, 5.41) is 2.66. The Morgan fingerprint density at radius 3 is 2.60 bits per heavy atom. The largest absolute Gasteiger partial charge is 0.311 e. The van der Waals surface area contributed by atoms with Crippen molar-refractivity contribution in [1.29, 1.82) is 0 Å². The molecular weight excluding hydrogens is 208 g/mol. The number of rotatable bonds is 2. The highest BCUT2D eigenvalue weighted by Crippen LogP contribution is 2.21. The van der Waals surface area contributed by atoms with Crippen LogP contribution in [-0.2, 0) is 0 Å². The third kappa shape index (κ3) is 2.32. The number of nitrogens with zero attached hydrogens (tertiary/aromatic N) is 1. The van der Waals surface area contributed by atoms with Gasteiger partial charge in [-0.3, -0.25) is 0 Å². The highest BCUT2D eigenvalue weighted by atomic mass is 32.1. The average molecular weight is 219 g/mol. The molecule has 0 aliphatic carbocycles. The summed E-state index contributed by atoms with van der Waals surface area (Å²) in [4.78, 5) is 7.12. The van der Waals surface area contributed by atoms with Crippen molar-refractivity contribution in [3.63, 3.8) is 0 Å². The van der Waals surface area contributed by atoms with Crippen LogP contribution in [0.1, 0.15) is 0 Å². The second-order valence-electron chi connectivity index (χ2n) is 2.98. The van der Waals surface area contributed by atoms with E-state index in [1.807, 2.05) is 35.7 Å². The summed E-state index contributed by atoms with van der Waals surface area (Å²) in [5.74, 6) is 0.156. The number of hydrogen-bond donors (Lipinski definition) is 3. The number of thiazole rings is 1. The minimum Gasteiger partial charge on any atom is -0.311 e. The predicted octanol–water partition coefficient (Wildman–Crippen LogP) is -0.204. The summed E-state index contributed by atoms with van der Waals surface area (Å²) < 4.78 is 0. The molecule has 5 heteroatoms. The van der Waals surface area contributed by atoms with E-state index in [0.717, 1.165) is 11.3 Å². The van der Waals surface area contributed by atoms with E-state index >= 15 is 0 Å². The lowest BCUT2D eigenvalue weighted by atomic mass is 10.2. The van der Waals surface area contributed by atoms with Crippen LogP contribution in [-0.4, -0.2) is 10.9 Å². The standard InChI is InChI=1S/C10H10N4S/c11-9(12)14-10-13-8(6-15-10)7-4-2-1-3-5-7/h1-6H,(H4,11,12,13,14)/p+1. The zero-order chi connectivity index (χ0) is 10.7. The Bertz CT molecular complexity index is 471. The van der Waals surface area contributed by atoms with Crippen molar-refractivity contribution in [2.24, 2.45) is 11.5 Å². The zero-order valence-corrected chi connectivity index (χ0v) is 8.79. The summed E-state index contributed by atoms with van der Waals surface area (Å²) in [7, 11) is 0. The molecule has 0 unspecified atom stereocenters. The highest BCUT2D eigenvalue weighted by Gasteiger charge is 2.06. The third-order valence-electron chi connectivity index (χ3n) is 1.83. The molecule has 0 saturated heterocycles. The number of nitrogens with two attached hydrogens (primary N) is 2. The molecule has 15 heavy (non-hydrogen) atoms. The molecular formula is C10H11N4S+. The first-order chi connectivity index (χ1) is 7.25. The molecule has 0 radical (unpaired) electrons. The molecule has 2 rings (SSSR count). The van der Waals surface area contributed by atoms with E-state index in [1.165, 1.54) is 11.3 Å². The van der Waals surface area contributed by atoms with E-state index in [4.69, 9.17) is 11.5 Å². The van der Waals surface area contributed by atoms with Crippen LogP contribution >= 0.6 is 11.3 Å². The highest BCUT2D eigenvalue weighted by molar-refractivity contribution is 7.13. The number of aromatic nitrogens is 1. The molecule has 1 heterocycles. The van der Waals surface area contributed by atoms with E-state index in [-0.39, 0.29) is 5.96 Å². The summed E-state index contributed by atoms with van der Waals surface area (Å²) in [6.07, 6.45) is 0. The topological polar surface area (TPSA) is 78.9 Å². The SMILES string of the molecule is NC(N)=[NH+]c1nc(-c2ccccc2)cs1. The van der Waals surface area contributed by atoms with Crippen LogP contribution in [0.5, 0.6) is 0 Å². The van der Waals surface area contributed by atoms with Gasteiger partial charge in [0.15, 0.2) is 0 Å². The summed E-state index contributed by atoms with van der Waals surface area (Å²) in [6.45, 7) is 0. The van der Waals surface area contributed by atoms with Crippen molar-refractivity contribution < 1.29 is 4.99 Å². The maximum absolute atomic E-state index is 5.32. The third-order valence-corrected chi connectivity index (χ3v) is 2.58. The molecule has 0 spiro atoms. The Labute approximate surface area is 91.3 Å². The molecule has 76 valence electrons. The average Bonchev–Trinajstić information content (AvgIpc) is 2.67. The quantitative estimate of drug-likeness (QED) is 0.483. The lowest BCUT2D eigenvalue weighted by Gasteiger charge is -1.90. The van der Waals surface area contributed by atoms with Gasteiger partial charge in [-0.1, -0.05) is 41.7 Å². The molecule has 0 fully saturated rings. The lowest BCUT2D eigenvalue weighted by Crippen LogP contribution is -2.72. The fourth-order valence-corrected chi connectivity index (χ4v) is 1.94. The summed E-state index contributed by atoms with van der Waals surface area (Å²) in [6, 6.07) is 9.94. The Kier molecular flexibility index (Phi) is 2.64. The molecule has 5 N–H and O–H groups in total. The number of benzene rings is 1. The van der Waals surface area contributed by atoms with Crippen molar-refractivity contribution >= 4 is 22.4 Å². The van der Waals surface area contributed by atoms with Crippen LogP contribution in [0.2, 0.25) is 0 Å². The van der Waals surface area contributed by atoms with E-state index in [2.05, 4.69) is 9.98 Å². The maximum Gasteiger partial charge on any atom is 0.303 e. The molecule has 1 aromatic carbocycles. The fourth-order valence-electron chi connectivity index (χ4n) is 1.20. The van der Waals surface area contributed by atoms with Crippen molar-refractivity contribution in [1.82, 2.24) is 4.98 Å². The Morgan fingerprint density at radius 1 is 1.20 bits per heavy atom. The zero-order valence-electron chi connectivity index (χ0n) is 7.97. The van der Waals surface area contributed by atoms with Crippen molar-refractivity contribution in [2.75, 3.05) is 0 Å². The van der Waals surface area contributed by atoms with Gasteiger partial charge in [-0.25, -0.2) is 4.99 Å². The van der Waals surface area contributed by atoms with Gasteiger partial charge in [0, 0.05) is 10.9 Å². The minimum absolute atomic E-state index is 0.156. The van der Waals surface area contributed by atoms with Gasteiger partial charge in [0.05, 0.1) is 0 Å². The predicted molar refractivity (Wildman–Crippen MR) is 61.6 cm³/mol. The Balaban J connectivity index is 2.32. The number of nitrogens with one attached hydrogen (secondary N) is 1. The van der Waals surface area contributed by atoms with Gasteiger partial charge >= 0.3 is 5.96 Å². The first kappa shape index (κ1) is 9.67. The van der Waals surface area contributed by atoms with Gasteiger partial charge < -0.3 is 11.5 Å². The molecule has 0 atom stereocenters. The molecule has 2 aromatic rings. The number of guanidine groups is 1. The smallest absolute Gasteiger partial charge is 0.303 e. The second kappa shape index (κ2) is 4.10. The first-order valence-electron chi connectivity index (χ1n) is 4.41. The molecule has 4 nitrogen and oxygen atoms in total.